The van der Waals surface area contributed by atoms with Gasteiger partial charge in [-0.1, -0.05) is 0 Å². The SMILES string of the molecule is Cc1cc(C)n(-c2cc(N3CCN(S(=O)(=O)CCC(F)(F)F)CC3)nc(C)n2)n1. The van der Waals surface area contributed by atoms with Gasteiger partial charge in [0.15, 0.2) is 5.82 Å². The third kappa shape index (κ3) is 5.24. The number of aryl methyl sites for hydroxylation is 3. The maximum atomic E-state index is 12.4. The first kappa shape index (κ1) is 21.5. The molecule has 2 aromatic rings. The lowest BCUT2D eigenvalue weighted by Crippen LogP contribution is -2.49. The zero-order chi connectivity index (χ0) is 21.4. The van der Waals surface area contributed by atoms with Gasteiger partial charge in [0.05, 0.1) is 17.9 Å². The van der Waals surface area contributed by atoms with Gasteiger partial charge >= 0.3 is 6.18 Å². The maximum absolute atomic E-state index is 12.4. The molecule has 0 radical (unpaired) electrons. The van der Waals surface area contributed by atoms with Crippen LogP contribution in [0, 0.1) is 20.8 Å². The van der Waals surface area contributed by atoms with Crippen molar-refractivity contribution in [3.05, 3.63) is 29.3 Å². The van der Waals surface area contributed by atoms with Gasteiger partial charge in [0.2, 0.25) is 10.0 Å². The van der Waals surface area contributed by atoms with Gasteiger partial charge in [-0.15, -0.1) is 0 Å². The Morgan fingerprint density at radius 3 is 2.17 bits per heavy atom. The first-order chi connectivity index (χ1) is 13.4. The van der Waals surface area contributed by atoms with Crippen LogP contribution in [0.2, 0.25) is 0 Å². The summed E-state index contributed by atoms with van der Waals surface area (Å²) in [6.45, 7) is 6.45. The van der Waals surface area contributed by atoms with Crippen molar-refractivity contribution in [2.75, 3.05) is 36.8 Å². The average Bonchev–Trinajstić information content (AvgIpc) is 2.97. The van der Waals surface area contributed by atoms with Crippen molar-refractivity contribution >= 4 is 15.8 Å². The highest BCUT2D eigenvalue weighted by Gasteiger charge is 2.34. The number of sulfonamides is 1. The van der Waals surface area contributed by atoms with E-state index in [1.807, 2.05) is 24.8 Å². The fourth-order valence-corrected chi connectivity index (χ4v) is 4.70. The Labute approximate surface area is 167 Å². The summed E-state index contributed by atoms with van der Waals surface area (Å²) in [6.07, 6.45) is -5.83. The van der Waals surface area contributed by atoms with E-state index >= 15 is 0 Å². The molecule has 8 nitrogen and oxygen atoms in total. The third-order valence-corrected chi connectivity index (χ3v) is 6.51. The Bertz CT molecular complexity index is 982. The Hall–Kier alpha value is -2.21. The molecule has 0 atom stereocenters. The van der Waals surface area contributed by atoms with E-state index in [0.717, 1.165) is 15.7 Å². The minimum absolute atomic E-state index is 0.110. The monoisotopic (exact) mass is 432 g/mol. The van der Waals surface area contributed by atoms with Gasteiger partial charge in [-0.2, -0.15) is 22.6 Å². The van der Waals surface area contributed by atoms with Crippen molar-refractivity contribution in [1.82, 2.24) is 24.1 Å². The molecule has 2 aromatic heterocycles. The number of nitrogens with zero attached hydrogens (tertiary/aromatic N) is 6. The molecule has 29 heavy (non-hydrogen) atoms. The third-order valence-electron chi connectivity index (χ3n) is 4.64. The Kier molecular flexibility index (Phi) is 5.86. The van der Waals surface area contributed by atoms with E-state index in [4.69, 9.17) is 0 Å². The van der Waals surface area contributed by atoms with Crippen molar-refractivity contribution in [3.63, 3.8) is 0 Å². The van der Waals surface area contributed by atoms with Gasteiger partial charge in [0.25, 0.3) is 0 Å². The molecule has 1 saturated heterocycles. The van der Waals surface area contributed by atoms with Crippen LogP contribution in [-0.2, 0) is 10.0 Å². The number of anilines is 1. The van der Waals surface area contributed by atoms with Crippen LogP contribution >= 0.6 is 0 Å². The highest BCUT2D eigenvalue weighted by molar-refractivity contribution is 7.89. The largest absolute Gasteiger partial charge is 0.390 e. The van der Waals surface area contributed by atoms with Crippen molar-refractivity contribution < 1.29 is 21.6 Å². The summed E-state index contributed by atoms with van der Waals surface area (Å²) in [7, 11) is -3.94. The molecule has 3 heterocycles. The Morgan fingerprint density at radius 2 is 1.62 bits per heavy atom. The highest BCUT2D eigenvalue weighted by atomic mass is 32.2. The van der Waals surface area contributed by atoms with E-state index in [9.17, 15) is 21.6 Å². The van der Waals surface area contributed by atoms with Crippen molar-refractivity contribution in [2.45, 2.75) is 33.4 Å². The first-order valence-electron chi connectivity index (χ1n) is 9.13. The molecule has 0 amide bonds. The number of halogens is 3. The number of alkyl halides is 3. The quantitative estimate of drug-likeness (QED) is 0.719. The predicted molar refractivity (Wildman–Crippen MR) is 102 cm³/mol. The maximum Gasteiger partial charge on any atom is 0.390 e. The summed E-state index contributed by atoms with van der Waals surface area (Å²) < 4.78 is 64.3. The van der Waals surface area contributed by atoms with E-state index in [1.54, 1.807) is 17.7 Å². The summed E-state index contributed by atoms with van der Waals surface area (Å²) in [4.78, 5) is 10.8. The highest BCUT2D eigenvalue weighted by Crippen LogP contribution is 2.23. The van der Waals surface area contributed by atoms with E-state index in [-0.39, 0.29) is 13.1 Å². The van der Waals surface area contributed by atoms with E-state index in [1.165, 1.54) is 0 Å². The second kappa shape index (κ2) is 7.90. The lowest BCUT2D eigenvalue weighted by Gasteiger charge is -2.34. The second-order valence-corrected chi connectivity index (χ2v) is 9.13. The number of rotatable bonds is 5. The van der Waals surface area contributed by atoms with Crippen molar-refractivity contribution in [1.29, 1.82) is 0 Å². The van der Waals surface area contributed by atoms with Crippen LogP contribution in [0.15, 0.2) is 12.1 Å². The predicted octanol–water partition coefficient (Wildman–Crippen LogP) is 1.99. The summed E-state index contributed by atoms with van der Waals surface area (Å²) >= 11 is 0. The topological polar surface area (TPSA) is 84.2 Å². The smallest absolute Gasteiger partial charge is 0.354 e. The molecule has 1 fully saturated rings. The van der Waals surface area contributed by atoms with Gasteiger partial charge in [-0.05, 0) is 26.8 Å². The zero-order valence-corrected chi connectivity index (χ0v) is 17.3. The molecule has 160 valence electrons. The van der Waals surface area contributed by atoms with Gasteiger partial charge < -0.3 is 4.90 Å². The van der Waals surface area contributed by atoms with Gasteiger partial charge in [0.1, 0.15) is 11.6 Å². The van der Waals surface area contributed by atoms with Gasteiger partial charge in [-0.3, -0.25) is 0 Å². The number of aromatic nitrogens is 4. The fourth-order valence-electron chi connectivity index (χ4n) is 3.24. The lowest BCUT2D eigenvalue weighted by molar-refractivity contribution is -0.130. The number of piperazine rings is 1. The van der Waals surface area contributed by atoms with Crippen molar-refractivity contribution in [3.8, 4) is 5.82 Å². The fraction of sp³-hybridized carbons (Fsp3) is 0.588. The van der Waals surface area contributed by atoms with Crippen LogP contribution in [0.3, 0.4) is 0 Å². The number of hydrogen-bond donors (Lipinski definition) is 0. The Balaban J connectivity index is 1.72. The molecule has 0 aliphatic carbocycles. The van der Waals surface area contributed by atoms with E-state index < -0.39 is 28.4 Å². The summed E-state index contributed by atoms with van der Waals surface area (Å²) in [5, 5.41) is 4.42. The summed E-state index contributed by atoms with van der Waals surface area (Å²) in [5.74, 6) is 0.863. The standard InChI is InChI=1S/C17H23F3N6O2S/c1-12-10-13(2)26(23-12)16-11-15(21-14(3)22-16)24-5-7-25(8-6-24)29(27,28)9-4-17(18,19)20/h10-11H,4-9H2,1-3H3. The molecular weight excluding hydrogens is 409 g/mol. The molecule has 0 saturated carbocycles. The molecule has 0 N–H and O–H groups in total. The average molecular weight is 432 g/mol. The molecule has 0 unspecified atom stereocenters. The molecule has 12 heteroatoms. The van der Waals surface area contributed by atoms with Crippen molar-refractivity contribution in [2.24, 2.45) is 0 Å². The van der Waals surface area contributed by atoms with Crippen LogP contribution in [0.4, 0.5) is 19.0 Å². The van der Waals surface area contributed by atoms with Crippen LogP contribution in [0.25, 0.3) is 5.82 Å². The molecule has 0 aromatic carbocycles. The molecule has 3 rings (SSSR count). The van der Waals surface area contributed by atoms with Crippen LogP contribution in [-0.4, -0.2) is 70.6 Å². The second-order valence-electron chi connectivity index (χ2n) is 7.04. The first-order valence-corrected chi connectivity index (χ1v) is 10.7. The minimum atomic E-state index is -4.49. The van der Waals surface area contributed by atoms with Gasteiger partial charge in [-0.25, -0.2) is 23.1 Å². The zero-order valence-electron chi connectivity index (χ0n) is 16.4. The van der Waals surface area contributed by atoms with Crippen LogP contribution in [0.1, 0.15) is 23.6 Å². The minimum Gasteiger partial charge on any atom is -0.354 e. The van der Waals surface area contributed by atoms with E-state index in [0.29, 0.717) is 30.5 Å². The van der Waals surface area contributed by atoms with Crippen LogP contribution < -0.4 is 4.90 Å². The van der Waals surface area contributed by atoms with Crippen LogP contribution in [0.5, 0.6) is 0 Å². The summed E-state index contributed by atoms with van der Waals surface area (Å²) in [5.41, 5.74) is 1.78. The Morgan fingerprint density at radius 1 is 1.00 bits per heavy atom. The number of hydrogen-bond acceptors (Lipinski definition) is 6. The lowest BCUT2D eigenvalue weighted by atomic mass is 10.3. The molecule has 0 spiro atoms. The summed E-state index contributed by atoms with van der Waals surface area (Å²) in [6, 6.07) is 3.71. The molecular formula is C17H23F3N6O2S. The normalized spacial score (nSPS) is 16.4. The van der Waals surface area contributed by atoms with E-state index in [2.05, 4.69) is 15.1 Å². The molecule has 1 aliphatic heterocycles. The molecule has 0 bridgehead atoms. The molecule has 1 aliphatic rings. The van der Waals surface area contributed by atoms with Gasteiger partial charge in [0, 0.05) is 37.9 Å².